The fraction of sp³-hybridized carbons (Fsp3) is 0.182. The van der Waals surface area contributed by atoms with E-state index in [0.717, 1.165) is 26.8 Å². The maximum absolute atomic E-state index is 12.9. The minimum Gasteiger partial charge on any atom is -0.326 e. The Morgan fingerprint density at radius 1 is 1.07 bits per heavy atom. The average Bonchev–Trinajstić information content (AvgIpc) is 3.17. The quantitative estimate of drug-likeness (QED) is 0.625. The summed E-state index contributed by atoms with van der Waals surface area (Å²) in [6.45, 7) is 0.657. The summed E-state index contributed by atoms with van der Waals surface area (Å²) >= 11 is 3.35. The van der Waals surface area contributed by atoms with Gasteiger partial charge >= 0.3 is 0 Å². The Hall–Kier alpha value is -3.26. The van der Waals surface area contributed by atoms with Crippen LogP contribution in [0.4, 0.5) is 11.4 Å². The van der Waals surface area contributed by atoms with E-state index in [1.54, 1.807) is 17.0 Å². The van der Waals surface area contributed by atoms with Gasteiger partial charge in [-0.25, -0.2) is 4.68 Å². The van der Waals surface area contributed by atoms with Gasteiger partial charge in [0, 0.05) is 34.9 Å². The van der Waals surface area contributed by atoms with E-state index in [2.05, 4.69) is 26.3 Å². The van der Waals surface area contributed by atoms with Crippen molar-refractivity contribution in [3.8, 4) is 0 Å². The Balaban J connectivity index is 1.45. The van der Waals surface area contributed by atoms with Gasteiger partial charge in [-0.3, -0.25) is 14.4 Å². The second-order valence-corrected chi connectivity index (χ2v) is 7.84. The zero-order valence-electron chi connectivity index (χ0n) is 16.0. The molecule has 0 fully saturated rings. The number of hydrogen-bond acceptors (Lipinski definition) is 4. The normalized spacial score (nSPS) is 12.5. The molecule has 30 heavy (non-hydrogen) atoms. The number of anilines is 2. The molecule has 2 heterocycles. The van der Waals surface area contributed by atoms with Gasteiger partial charge in [0.2, 0.25) is 5.91 Å². The van der Waals surface area contributed by atoms with E-state index >= 15 is 0 Å². The molecule has 0 spiro atoms. The van der Waals surface area contributed by atoms with Gasteiger partial charge in [0.1, 0.15) is 5.69 Å². The molecule has 2 amide bonds. The first kappa shape index (κ1) is 20.0. The predicted molar refractivity (Wildman–Crippen MR) is 118 cm³/mol. The molecule has 1 aromatic heterocycles. The number of nitrogens with one attached hydrogen (secondary N) is 1. The number of carbonyl (C=O) groups is 2. The first-order chi connectivity index (χ1) is 14.5. The number of rotatable bonds is 5. The van der Waals surface area contributed by atoms with Crippen LogP contribution in [0.25, 0.3) is 0 Å². The van der Waals surface area contributed by atoms with Crippen molar-refractivity contribution in [1.29, 1.82) is 0 Å². The summed E-state index contributed by atoms with van der Waals surface area (Å²) < 4.78 is 2.02. The van der Waals surface area contributed by atoms with Crippen molar-refractivity contribution in [1.82, 2.24) is 9.78 Å². The molecule has 2 aromatic carbocycles. The highest BCUT2D eigenvalue weighted by Crippen LogP contribution is 2.28. The average molecular weight is 467 g/mol. The van der Waals surface area contributed by atoms with E-state index in [-0.39, 0.29) is 36.0 Å². The van der Waals surface area contributed by atoms with E-state index < -0.39 is 0 Å². The second-order valence-electron chi connectivity index (χ2n) is 6.92. The fourth-order valence-electron chi connectivity index (χ4n) is 3.41. The highest BCUT2D eigenvalue weighted by molar-refractivity contribution is 9.10. The third kappa shape index (κ3) is 4.33. The summed E-state index contributed by atoms with van der Waals surface area (Å²) in [4.78, 5) is 39.0. The topological polar surface area (TPSA) is 84.3 Å². The van der Waals surface area contributed by atoms with Crippen LogP contribution in [0.3, 0.4) is 0 Å². The van der Waals surface area contributed by atoms with Crippen molar-refractivity contribution < 1.29 is 9.59 Å². The van der Waals surface area contributed by atoms with Crippen molar-refractivity contribution >= 4 is 39.1 Å². The predicted octanol–water partition coefficient (Wildman–Crippen LogP) is 3.24. The minimum atomic E-state index is -0.358. The highest BCUT2D eigenvalue weighted by atomic mass is 79.9. The zero-order chi connectivity index (χ0) is 21.1. The number of aryl methyl sites for hydroxylation is 1. The minimum absolute atomic E-state index is 0.0591. The van der Waals surface area contributed by atoms with E-state index in [1.807, 2.05) is 36.4 Å². The number of hydrogen-bond donors (Lipinski definition) is 1. The Morgan fingerprint density at radius 3 is 2.73 bits per heavy atom. The van der Waals surface area contributed by atoms with Crippen LogP contribution in [-0.4, -0.2) is 28.1 Å². The second kappa shape index (κ2) is 8.62. The lowest BCUT2D eigenvalue weighted by Crippen LogP contribution is -2.33. The Kier molecular flexibility index (Phi) is 5.76. The number of amides is 2. The van der Waals surface area contributed by atoms with Crippen LogP contribution in [0.15, 0.2) is 69.9 Å². The first-order valence-electron chi connectivity index (χ1n) is 9.54. The molecule has 7 nitrogen and oxygen atoms in total. The van der Waals surface area contributed by atoms with Gasteiger partial charge in [-0.2, -0.15) is 5.10 Å². The number of halogens is 1. The molecule has 152 valence electrons. The summed E-state index contributed by atoms with van der Waals surface area (Å²) in [6, 6.07) is 17.7. The van der Waals surface area contributed by atoms with Crippen molar-refractivity contribution in [2.24, 2.45) is 0 Å². The Bertz CT molecular complexity index is 1170. The van der Waals surface area contributed by atoms with Crippen LogP contribution in [0.5, 0.6) is 0 Å². The molecule has 0 aliphatic carbocycles. The number of nitrogens with zero attached hydrogens (tertiary/aromatic N) is 3. The largest absolute Gasteiger partial charge is 0.326 e. The Labute approximate surface area is 181 Å². The van der Waals surface area contributed by atoms with Crippen LogP contribution >= 0.6 is 15.9 Å². The Morgan fingerprint density at radius 2 is 1.90 bits per heavy atom. The van der Waals surface area contributed by atoms with Gasteiger partial charge in [-0.1, -0.05) is 40.2 Å². The first-order valence-corrected chi connectivity index (χ1v) is 10.3. The third-order valence-electron chi connectivity index (χ3n) is 4.88. The maximum Gasteiger partial charge on any atom is 0.278 e. The molecular formula is C22H19BrN4O3. The molecule has 0 saturated heterocycles. The number of fused-ring (bicyclic) bond motifs is 1. The smallest absolute Gasteiger partial charge is 0.278 e. The molecular weight excluding hydrogens is 448 g/mol. The van der Waals surface area contributed by atoms with Crippen molar-refractivity contribution in [3.63, 3.8) is 0 Å². The van der Waals surface area contributed by atoms with Crippen LogP contribution in [0, 0.1) is 0 Å². The van der Waals surface area contributed by atoms with Crippen molar-refractivity contribution in [2.45, 2.75) is 19.4 Å². The molecule has 0 radical (unpaired) electrons. The summed E-state index contributed by atoms with van der Waals surface area (Å²) in [7, 11) is 0. The fourth-order valence-corrected chi connectivity index (χ4v) is 3.81. The lowest BCUT2D eigenvalue weighted by atomic mass is 10.2. The number of para-hydroxylation sites is 1. The molecule has 4 rings (SSSR count). The number of aromatic nitrogens is 2. The monoisotopic (exact) mass is 466 g/mol. The molecule has 3 aromatic rings. The standard InChI is InChI=1S/C22H19BrN4O3/c23-16-5-3-6-17(14-16)24-20(28)11-13-27-21(29)9-8-18(25-27)22(30)26-12-10-15-4-1-2-7-19(15)26/h1-9,14H,10-13H2,(H,24,28). The van der Waals surface area contributed by atoms with Crippen LogP contribution < -0.4 is 15.8 Å². The van der Waals surface area contributed by atoms with Crippen molar-refractivity contribution in [2.75, 3.05) is 16.8 Å². The number of carbonyl (C=O) groups excluding carboxylic acids is 2. The summed E-state index contributed by atoms with van der Waals surface area (Å²) in [5, 5.41) is 6.99. The third-order valence-corrected chi connectivity index (χ3v) is 5.37. The summed E-state index contributed by atoms with van der Waals surface area (Å²) in [5.41, 5.74) is 2.47. The molecule has 0 atom stereocenters. The van der Waals surface area contributed by atoms with Gasteiger partial charge in [-0.15, -0.1) is 0 Å². The maximum atomic E-state index is 12.9. The van der Waals surface area contributed by atoms with Gasteiger partial charge in [-0.05, 0) is 42.3 Å². The number of benzene rings is 2. The lowest BCUT2D eigenvalue weighted by molar-refractivity contribution is -0.116. The SMILES string of the molecule is O=C(CCn1nc(C(=O)N2CCc3ccccc32)ccc1=O)Nc1cccc(Br)c1. The summed E-state index contributed by atoms with van der Waals surface area (Å²) in [6.07, 6.45) is 0.848. The van der Waals surface area contributed by atoms with E-state index in [9.17, 15) is 14.4 Å². The van der Waals surface area contributed by atoms with Gasteiger partial charge < -0.3 is 10.2 Å². The highest BCUT2D eigenvalue weighted by Gasteiger charge is 2.26. The van der Waals surface area contributed by atoms with E-state index in [0.29, 0.717) is 12.2 Å². The van der Waals surface area contributed by atoms with E-state index in [4.69, 9.17) is 0 Å². The molecule has 8 heteroatoms. The molecule has 0 unspecified atom stereocenters. The van der Waals surface area contributed by atoms with Crippen LogP contribution in [0.1, 0.15) is 22.5 Å². The van der Waals surface area contributed by atoms with Crippen molar-refractivity contribution in [3.05, 3.63) is 86.7 Å². The molecule has 0 bridgehead atoms. The lowest BCUT2D eigenvalue weighted by Gasteiger charge is -2.17. The van der Waals surface area contributed by atoms with Gasteiger partial charge in [0.15, 0.2) is 0 Å². The molecule has 1 aliphatic heterocycles. The summed E-state index contributed by atoms with van der Waals surface area (Å²) in [5.74, 6) is -0.501. The zero-order valence-corrected chi connectivity index (χ0v) is 17.6. The van der Waals surface area contributed by atoms with Crippen LogP contribution in [-0.2, 0) is 17.8 Å². The molecule has 1 aliphatic rings. The van der Waals surface area contributed by atoms with Gasteiger partial charge in [0.05, 0.1) is 6.54 Å². The van der Waals surface area contributed by atoms with Gasteiger partial charge in [0.25, 0.3) is 11.5 Å². The van der Waals surface area contributed by atoms with Crippen LogP contribution in [0.2, 0.25) is 0 Å². The molecule has 1 N–H and O–H groups in total. The molecule has 0 saturated carbocycles. The van der Waals surface area contributed by atoms with E-state index in [1.165, 1.54) is 12.1 Å².